The number of amides is 1. The molecule has 1 fully saturated rings. The number of rotatable bonds is 5. The SMILES string of the molecule is COCc1nc(CN2CCCCC2=O)n(C2Cc3ccccc3C2)n1. The molecule has 0 saturated carbocycles. The Hall–Kier alpha value is -2.21. The van der Waals surface area contributed by atoms with Crippen molar-refractivity contribution in [2.24, 2.45) is 0 Å². The second kappa shape index (κ2) is 6.96. The van der Waals surface area contributed by atoms with Gasteiger partial charge in [0.05, 0.1) is 12.6 Å². The van der Waals surface area contributed by atoms with Crippen LogP contribution < -0.4 is 0 Å². The summed E-state index contributed by atoms with van der Waals surface area (Å²) in [5, 5.41) is 4.70. The molecule has 2 aromatic rings. The molecule has 1 aromatic heterocycles. The van der Waals surface area contributed by atoms with Crippen LogP contribution in [0.5, 0.6) is 0 Å². The van der Waals surface area contributed by atoms with Gasteiger partial charge < -0.3 is 9.64 Å². The average Bonchev–Trinajstić information content (AvgIpc) is 3.21. The van der Waals surface area contributed by atoms with Gasteiger partial charge in [-0.25, -0.2) is 9.67 Å². The van der Waals surface area contributed by atoms with Crippen molar-refractivity contribution in [1.29, 1.82) is 0 Å². The van der Waals surface area contributed by atoms with Crippen LogP contribution in [0.2, 0.25) is 0 Å². The predicted octanol–water partition coefficient (Wildman–Crippen LogP) is 2.28. The molecule has 1 aliphatic carbocycles. The fraction of sp³-hybridized carbons (Fsp3) is 0.526. The summed E-state index contributed by atoms with van der Waals surface area (Å²) in [5.74, 6) is 1.79. The molecule has 1 aliphatic heterocycles. The Kier molecular flexibility index (Phi) is 4.53. The van der Waals surface area contributed by atoms with E-state index in [1.54, 1.807) is 7.11 Å². The van der Waals surface area contributed by atoms with Crippen molar-refractivity contribution in [2.75, 3.05) is 13.7 Å². The minimum atomic E-state index is 0.226. The predicted molar refractivity (Wildman–Crippen MR) is 92.9 cm³/mol. The van der Waals surface area contributed by atoms with Crippen LogP contribution in [-0.4, -0.2) is 39.2 Å². The van der Waals surface area contributed by atoms with E-state index in [1.165, 1.54) is 11.1 Å². The smallest absolute Gasteiger partial charge is 0.222 e. The molecule has 0 N–H and O–H groups in total. The first-order chi connectivity index (χ1) is 12.2. The van der Waals surface area contributed by atoms with E-state index in [4.69, 9.17) is 9.84 Å². The van der Waals surface area contributed by atoms with Crippen LogP contribution in [0.4, 0.5) is 0 Å². The molecule has 25 heavy (non-hydrogen) atoms. The highest BCUT2D eigenvalue weighted by Gasteiger charge is 2.28. The maximum absolute atomic E-state index is 12.2. The zero-order valence-electron chi connectivity index (χ0n) is 14.6. The van der Waals surface area contributed by atoms with Gasteiger partial charge in [0.15, 0.2) is 5.82 Å². The molecule has 1 saturated heterocycles. The van der Waals surface area contributed by atoms with Gasteiger partial charge in [-0.15, -0.1) is 0 Å². The Labute approximate surface area is 147 Å². The molecular weight excluding hydrogens is 316 g/mol. The highest BCUT2D eigenvalue weighted by Crippen LogP contribution is 2.30. The number of hydrogen-bond acceptors (Lipinski definition) is 4. The Morgan fingerprint density at radius 1 is 1.20 bits per heavy atom. The Bertz CT molecular complexity index is 746. The molecule has 0 atom stereocenters. The van der Waals surface area contributed by atoms with E-state index in [0.717, 1.165) is 38.1 Å². The molecular formula is C19H24N4O2. The molecule has 0 spiro atoms. The van der Waals surface area contributed by atoms with Crippen LogP contribution in [0, 0.1) is 0 Å². The fourth-order valence-electron chi connectivity index (χ4n) is 3.90. The van der Waals surface area contributed by atoms with Gasteiger partial charge in [0.25, 0.3) is 0 Å². The Balaban J connectivity index is 1.59. The van der Waals surface area contributed by atoms with Crippen molar-refractivity contribution in [2.45, 2.75) is 51.3 Å². The van der Waals surface area contributed by atoms with E-state index in [2.05, 4.69) is 29.2 Å². The molecule has 0 bridgehead atoms. The number of benzene rings is 1. The molecule has 6 nitrogen and oxygen atoms in total. The summed E-state index contributed by atoms with van der Waals surface area (Å²) in [6.07, 6.45) is 4.64. The minimum absolute atomic E-state index is 0.226. The number of hydrogen-bond donors (Lipinski definition) is 0. The van der Waals surface area contributed by atoms with Crippen molar-refractivity contribution >= 4 is 5.91 Å². The number of carbonyl (C=O) groups is 1. The average molecular weight is 340 g/mol. The normalized spacial score (nSPS) is 18.0. The number of aromatic nitrogens is 3. The number of carbonyl (C=O) groups excluding carboxylic acids is 1. The first-order valence-corrected chi connectivity index (χ1v) is 9.02. The minimum Gasteiger partial charge on any atom is -0.377 e. The maximum Gasteiger partial charge on any atom is 0.222 e. The Morgan fingerprint density at radius 2 is 1.96 bits per heavy atom. The molecule has 0 radical (unpaired) electrons. The van der Waals surface area contributed by atoms with Crippen LogP contribution in [0.15, 0.2) is 24.3 Å². The van der Waals surface area contributed by atoms with Gasteiger partial charge in [-0.05, 0) is 36.8 Å². The number of methoxy groups -OCH3 is 1. The molecule has 2 heterocycles. The third-order valence-electron chi connectivity index (χ3n) is 5.15. The molecule has 2 aliphatic rings. The van der Waals surface area contributed by atoms with Crippen LogP contribution in [-0.2, 0) is 35.5 Å². The van der Waals surface area contributed by atoms with E-state index in [0.29, 0.717) is 25.4 Å². The molecule has 1 aromatic carbocycles. The second-order valence-electron chi connectivity index (χ2n) is 6.93. The first-order valence-electron chi connectivity index (χ1n) is 9.02. The molecule has 4 rings (SSSR count). The van der Waals surface area contributed by atoms with Crippen LogP contribution in [0.25, 0.3) is 0 Å². The van der Waals surface area contributed by atoms with Gasteiger partial charge >= 0.3 is 0 Å². The summed E-state index contributed by atoms with van der Waals surface area (Å²) in [5.41, 5.74) is 2.77. The largest absolute Gasteiger partial charge is 0.377 e. The van der Waals surface area contributed by atoms with E-state index < -0.39 is 0 Å². The number of nitrogens with zero attached hydrogens (tertiary/aromatic N) is 4. The van der Waals surface area contributed by atoms with E-state index >= 15 is 0 Å². The lowest BCUT2D eigenvalue weighted by atomic mass is 10.1. The molecule has 0 unspecified atom stereocenters. The highest BCUT2D eigenvalue weighted by atomic mass is 16.5. The van der Waals surface area contributed by atoms with E-state index in [1.807, 2.05) is 9.58 Å². The second-order valence-corrected chi connectivity index (χ2v) is 6.93. The number of likely N-dealkylation sites (tertiary alicyclic amines) is 1. The summed E-state index contributed by atoms with van der Waals surface area (Å²) in [7, 11) is 1.65. The summed E-state index contributed by atoms with van der Waals surface area (Å²) in [6, 6.07) is 8.83. The fourth-order valence-corrected chi connectivity index (χ4v) is 3.90. The lowest BCUT2D eigenvalue weighted by molar-refractivity contribution is -0.134. The van der Waals surface area contributed by atoms with Crippen molar-refractivity contribution < 1.29 is 9.53 Å². The standard InChI is InChI=1S/C19H24N4O2/c1-25-13-17-20-18(12-22-9-5-4-8-19(22)24)23(21-17)16-10-14-6-2-3-7-15(14)11-16/h2-3,6-7,16H,4-5,8-13H2,1H3. The van der Waals surface area contributed by atoms with Crippen molar-refractivity contribution in [3.8, 4) is 0 Å². The summed E-state index contributed by atoms with van der Waals surface area (Å²) in [6.45, 7) is 1.76. The summed E-state index contributed by atoms with van der Waals surface area (Å²) >= 11 is 0. The topological polar surface area (TPSA) is 60.2 Å². The Morgan fingerprint density at radius 3 is 2.64 bits per heavy atom. The molecule has 6 heteroatoms. The highest BCUT2D eigenvalue weighted by molar-refractivity contribution is 5.76. The van der Waals surface area contributed by atoms with Crippen molar-refractivity contribution in [3.05, 3.63) is 47.0 Å². The summed E-state index contributed by atoms with van der Waals surface area (Å²) < 4.78 is 7.25. The van der Waals surface area contributed by atoms with Gasteiger partial charge in [0.1, 0.15) is 12.4 Å². The quantitative estimate of drug-likeness (QED) is 0.838. The maximum atomic E-state index is 12.2. The lowest BCUT2D eigenvalue weighted by Crippen LogP contribution is -2.36. The molecule has 1 amide bonds. The third kappa shape index (κ3) is 3.31. The van der Waals surface area contributed by atoms with E-state index in [-0.39, 0.29) is 11.9 Å². The van der Waals surface area contributed by atoms with Crippen LogP contribution in [0.3, 0.4) is 0 Å². The van der Waals surface area contributed by atoms with Gasteiger partial charge in [-0.2, -0.15) is 5.10 Å². The van der Waals surface area contributed by atoms with Crippen LogP contribution in [0.1, 0.15) is 48.1 Å². The van der Waals surface area contributed by atoms with E-state index in [9.17, 15) is 4.79 Å². The van der Waals surface area contributed by atoms with Crippen molar-refractivity contribution in [1.82, 2.24) is 19.7 Å². The third-order valence-corrected chi connectivity index (χ3v) is 5.15. The summed E-state index contributed by atoms with van der Waals surface area (Å²) in [4.78, 5) is 18.8. The van der Waals surface area contributed by atoms with Gasteiger partial charge in [-0.3, -0.25) is 4.79 Å². The number of fused-ring (bicyclic) bond motifs is 1. The number of ether oxygens (including phenoxy) is 1. The monoisotopic (exact) mass is 340 g/mol. The first kappa shape index (κ1) is 16.3. The van der Waals surface area contributed by atoms with Crippen LogP contribution >= 0.6 is 0 Å². The van der Waals surface area contributed by atoms with Crippen molar-refractivity contribution in [3.63, 3.8) is 0 Å². The molecule has 132 valence electrons. The van der Waals surface area contributed by atoms with Gasteiger partial charge in [-0.1, -0.05) is 24.3 Å². The van der Waals surface area contributed by atoms with Gasteiger partial charge in [0.2, 0.25) is 5.91 Å². The number of piperidine rings is 1. The zero-order valence-corrected chi connectivity index (χ0v) is 14.6. The lowest BCUT2D eigenvalue weighted by Gasteiger charge is -2.26. The zero-order chi connectivity index (χ0) is 17.2. The van der Waals surface area contributed by atoms with Gasteiger partial charge in [0, 0.05) is 20.1 Å².